The number of nitrogens with zero attached hydrogens (tertiary/aromatic N) is 2. The lowest BCUT2D eigenvalue weighted by molar-refractivity contribution is -0.134. The van der Waals surface area contributed by atoms with Gasteiger partial charge in [-0.25, -0.2) is 4.98 Å². The van der Waals surface area contributed by atoms with Crippen molar-refractivity contribution in [2.24, 2.45) is 0 Å². The predicted molar refractivity (Wildman–Crippen MR) is 69.0 cm³/mol. The van der Waals surface area contributed by atoms with Gasteiger partial charge in [0.05, 0.1) is 18.7 Å². The molecule has 1 aliphatic carbocycles. The molecule has 0 bridgehead atoms. The molecule has 0 aromatic carbocycles. The number of nitrogen functional groups attached to an aromatic ring is 1. The number of thiazole rings is 1. The third-order valence-corrected chi connectivity index (χ3v) is 3.37. The number of aromatic nitrogens is 1. The SMILES string of the molecule is CN(CC(=O)NC1CC1)C(=O)Cc1csc(N)n1. The summed E-state index contributed by atoms with van der Waals surface area (Å²) in [6.07, 6.45) is 2.27. The fraction of sp³-hybridized carbons (Fsp3) is 0.545. The summed E-state index contributed by atoms with van der Waals surface area (Å²) in [5.74, 6) is -0.239. The van der Waals surface area contributed by atoms with Gasteiger partial charge in [-0.1, -0.05) is 0 Å². The Bertz CT molecular complexity index is 456. The molecule has 0 radical (unpaired) electrons. The predicted octanol–water partition coefficient (Wildman–Crippen LogP) is 0.00480. The van der Waals surface area contributed by atoms with Crippen molar-refractivity contribution < 1.29 is 9.59 Å². The number of hydrogen-bond donors (Lipinski definition) is 2. The fourth-order valence-corrected chi connectivity index (χ4v) is 2.06. The largest absolute Gasteiger partial charge is 0.375 e. The van der Waals surface area contributed by atoms with Gasteiger partial charge in [0.25, 0.3) is 0 Å². The first kappa shape index (κ1) is 12.8. The molecule has 1 saturated carbocycles. The summed E-state index contributed by atoms with van der Waals surface area (Å²) in [6, 6.07) is 0.319. The smallest absolute Gasteiger partial charge is 0.239 e. The van der Waals surface area contributed by atoms with E-state index in [9.17, 15) is 9.59 Å². The van der Waals surface area contributed by atoms with E-state index in [0.29, 0.717) is 16.9 Å². The molecule has 0 spiro atoms. The molecule has 7 heteroatoms. The van der Waals surface area contributed by atoms with Crippen molar-refractivity contribution >= 4 is 28.3 Å². The minimum absolute atomic E-state index is 0.0922. The summed E-state index contributed by atoms with van der Waals surface area (Å²) in [4.78, 5) is 28.8. The molecular weight excluding hydrogens is 252 g/mol. The van der Waals surface area contributed by atoms with Crippen LogP contribution in [0.5, 0.6) is 0 Å². The molecule has 2 rings (SSSR count). The van der Waals surface area contributed by atoms with E-state index in [1.54, 1.807) is 12.4 Å². The Kier molecular flexibility index (Phi) is 3.81. The molecule has 1 heterocycles. The maximum Gasteiger partial charge on any atom is 0.239 e. The van der Waals surface area contributed by atoms with Gasteiger partial charge < -0.3 is 16.0 Å². The lowest BCUT2D eigenvalue weighted by atomic mass is 10.3. The van der Waals surface area contributed by atoms with Crippen molar-refractivity contribution in [2.75, 3.05) is 19.3 Å². The molecule has 3 N–H and O–H groups in total. The molecule has 18 heavy (non-hydrogen) atoms. The van der Waals surface area contributed by atoms with Crippen LogP contribution >= 0.6 is 11.3 Å². The molecule has 1 fully saturated rings. The standard InChI is InChI=1S/C11H16N4O2S/c1-15(5-9(16)13-7-2-3-7)10(17)4-8-6-18-11(12)14-8/h6-7H,2-5H2,1H3,(H2,12,14)(H,13,16). The van der Waals surface area contributed by atoms with Crippen LogP contribution < -0.4 is 11.1 Å². The highest BCUT2D eigenvalue weighted by Crippen LogP contribution is 2.18. The third kappa shape index (κ3) is 3.69. The first-order chi connectivity index (χ1) is 8.54. The van der Waals surface area contributed by atoms with E-state index in [1.807, 2.05) is 0 Å². The molecule has 1 aliphatic rings. The topological polar surface area (TPSA) is 88.3 Å². The molecule has 1 aromatic rings. The second-order valence-electron chi connectivity index (χ2n) is 4.45. The number of likely N-dealkylation sites (N-methyl/N-ethyl adjacent to an activating group) is 1. The highest BCUT2D eigenvalue weighted by molar-refractivity contribution is 7.13. The summed E-state index contributed by atoms with van der Waals surface area (Å²) in [5, 5.41) is 5.05. The highest BCUT2D eigenvalue weighted by Gasteiger charge is 2.24. The van der Waals surface area contributed by atoms with Crippen molar-refractivity contribution in [3.63, 3.8) is 0 Å². The second-order valence-corrected chi connectivity index (χ2v) is 5.34. The maximum absolute atomic E-state index is 11.8. The lowest BCUT2D eigenvalue weighted by Gasteiger charge is -2.16. The summed E-state index contributed by atoms with van der Waals surface area (Å²) in [5.41, 5.74) is 6.14. The molecule has 98 valence electrons. The minimum Gasteiger partial charge on any atom is -0.375 e. The van der Waals surface area contributed by atoms with Crippen LogP contribution in [0.3, 0.4) is 0 Å². The molecule has 0 unspecified atom stereocenters. The van der Waals surface area contributed by atoms with Gasteiger partial charge >= 0.3 is 0 Å². The minimum atomic E-state index is -0.133. The van der Waals surface area contributed by atoms with Crippen molar-refractivity contribution in [2.45, 2.75) is 25.3 Å². The Hall–Kier alpha value is -1.63. The van der Waals surface area contributed by atoms with E-state index in [0.717, 1.165) is 12.8 Å². The average molecular weight is 268 g/mol. The molecule has 0 aliphatic heterocycles. The molecule has 0 atom stereocenters. The van der Waals surface area contributed by atoms with Gasteiger partial charge in [-0.3, -0.25) is 9.59 Å². The second kappa shape index (κ2) is 5.34. The van der Waals surface area contributed by atoms with E-state index in [4.69, 9.17) is 5.73 Å². The van der Waals surface area contributed by atoms with E-state index in [1.165, 1.54) is 16.2 Å². The van der Waals surface area contributed by atoms with Crippen LogP contribution in [-0.2, 0) is 16.0 Å². The van der Waals surface area contributed by atoms with E-state index in [2.05, 4.69) is 10.3 Å². The number of anilines is 1. The maximum atomic E-state index is 11.8. The van der Waals surface area contributed by atoms with Crippen LogP contribution in [0, 0.1) is 0 Å². The Morgan fingerprint density at radius 3 is 2.89 bits per heavy atom. The normalized spacial score (nSPS) is 14.3. The van der Waals surface area contributed by atoms with Gasteiger partial charge in [-0.05, 0) is 12.8 Å². The third-order valence-electron chi connectivity index (χ3n) is 2.65. The van der Waals surface area contributed by atoms with E-state index >= 15 is 0 Å². The number of hydrogen-bond acceptors (Lipinski definition) is 5. The Morgan fingerprint density at radius 2 is 2.33 bits per heavy atom. The number of rotatable bonds is 5. The molecule has 0 saturated heterocycles. The van der Waals surface area contributed by atoms with Crippen LogP contribution in [0.2, 0.25) is 0 Å². The summed E-state index contributed by atoms with van der Waals surface area (Å²) in [7, 11) is 1.62. The monoisotopic (exact) mass is 268 g/mol. The Labute approximate surface area is 109 Å². The zero-order chi connectivity index (χ0) is 13.1. The Balaban J connectivity index is 1.78. The lowest BCUT2D eigenvalue weighted by Crippen LogP contribution is -2.39. The van der Waals surface area contributed by atoms with Gasteiger partial charge in [-0.15, -0.1) is 11.3 Å². The van der Waals surface area contributed by atoms with Crippen LogP contribution in [0.25, 0.3) is 0 Å². The number of nitrogens with two attached hydrogens (primary N) is 1. The molecule has 2 amide bonds. The van der Waals surface area contributed by atoms with Gasteiger partial charge in [-0.2, -0.15) is 0 Å². The van der Waals surface area contributed by atoms with Crippen LogP contribution in [0.15, 0.2) is 5.38 Å². The zero-order valence-corrected chi connectivity index (χ0v) is 11.0. The zero-order valence-electron chi connectivity index (χ0n) is 10.2. The van der Waals surface area contributed by atoms with Crippen molar-refractivity contribution in [1.82, 2.24) is 15.2 Å². The van der Waals surface area contributed by atoms with Gasteiger partial charge in [0.2, 0.25) is 11.8 Å². The van der Waals surface area contributed by atoms with Crippen LogP contribution in [0.1, 0.15) is 18.5 Å². The van der Waals surface area contributed by atoms with Crippen molar-refractivity contribution in [3.8, 4) is 0 Å². The quantitative estimate of drug-likeness (QED) is 0.787. The molecule has 1 aromatic heterocycles. The average Bonchev–Trinajstić information content (AvgIpc) is 3.00. The first-order valence-electron chi connectivity index (χ1n) is 5.78. The number of carbonyl (C=O) groups is 2. The molecular formula is C11H16N4O2S. The number of nitrogens with one attached hydrogen (secondary N) is 1. The molecule has 6 nitrogen and oxygen atoms in total. The highest BCUT2D eigenvalue weighted by atomic mass is 32.1. The fourth-order valence-electron chi connectivity index (χ4n) is 1.50. The van der Waals surface area contributed by atoms with Gasteiger partial charge in [0, 0.05) is 18.5 Å². The van der Waals surface area contributed by atoms with E-state index < -0.39 is 0 Å². The number of amides is 2. The number of carbonyl (C=O) groups excluding carboxylic acids is 2. The van der Waals surface area contributed by atoms with Crippen molar-refractivity contribution in [1.29, 1.82) is 0 Å². The van der Waals surface area contributed by atoms with Gasteiger partial charge in [0.15, 0.2) is 5.13 Å². The summed E-state index contributed by atoms with van der Waals surface area (Å²) in [6.45, 7) is 0.0922. The Morgan fingerprint density at radius 1 is 1.61 bits per heavy atom. The van der Waals surface area contributed by atoms with E-state index in [-0.39, 0.29) is 24.8 Å². The summed E-state index contributed by atoms with van der Waals surface area (Å²) >= 11 is 1.31. The van der Waals surface area contributed by atoms with Crippen molar-refractivity contribution in [3.05, 3.63) is 11.1 Å². The van der Waals surface area contributed by atoms with Crippen LogP contribution in [0.4, 0.5) is 5.13 Å². The first-order valence-corrected chi connectivity index (χ1v) is 6.66. The van der Waals surface area contributed by atoms with Crippen LogP contribution in [-0.4, -0.2) is 41.3 Å². The van der Waals surface area contributed by atoms with Gasteiger partial charge in [0.1, 0.15) is 0 Å². The summed E-state index contributed by atoms with van der Waals surface area (Å²) < 4.78 is 0.